The third-order valence-corrected chi connectivity index (χ3v) is 11.9. The molecule has 4 fully saturated rings. The van der Waals surface area contributed by atoms with Gasteiger partial charge in [-0.1, -0.05) is 15.9 Å². The van der Waals surface area contributed by atoms with Gasteiger partial charge >= 0.3 is 0 Å². The Labute approximate surface area is 243 Å². The quantitative estimate of drug-likeness (QED) is 0.299. The smallest absolute Gasteiger partial charge is 0.114 e. The first-order valence-electron chi connectivity index (χ1n) is 14.9. The van der Waals surface area contributed by atoms with Gasteiger partial charge in [-0.05, 0) is 113 Å². The number of aliphatic hydroxyl groups is 4. The lowest BCUT2D eigenvalue weighted by Crippen LogP contribution is -2.64. The molecule has 10 atom stereocenters. The van der Waals surface area contributed by atoms with Crippen LogP contribution in [0.3, 0.4) is 0 Å². The van der Waals surface area contributed by atoms with E-state index in [1.54, 1.807) is 13.8 Å². The lowest BCUT2D eigenvalue weighted by Gasteiger charge is -2.56. The van der Waals surface area contributed by atoms with Crippen molar-refractivity contribution < 1.29 is 39.4 Å². The Morgan fingerprint density at radius 1 is 0.846 bits per heavy atom. The molecule has 4 saturated heterocycles. The number of hydrogen-bond donors (Lipinski definition) is 4. The van der Waals surface area contributed by atoms with Crippen molar-refractivity contribution in [2.45, 2.75) is 182 Å². The molecular formula is C30H53BrO8. The van der Waals surface area contributed by atoms with Gasteiger partial charge in [0, 0.05) is 4.83 Å². The summed E-state index contributed by atoms with van der Waals surface area (Å²) in [5.74, 6) is 0. The first kappa shape index (κ1) is 32.1. The van der Waals surface area contributed by atoms with Crippen molar-refractivity contribution in [3.8, 4) is 0 Å². The number of halogens is 1. The maximum absolute atomic E-state index is 11.6. The summed E-state index contributed by atoms with van der Waals surface area (Å²) >= 11 is 3.77. The molecule has 10 unspecified atom stereocenters. The number of alkyl halides is 1. The largest absolute Gasteiger partial charge is 0.393 e. The van der Waals surface area contributed by atoms with Crippen molar-refractivity contribution in [3.05, 3.63) is 0 Å². The molecule has 4 N–H and O–H groups in total. The molecule has 0 aromatic rings. The van der Waals surface area contributed by atoms with Crippen molar-refractivity contribution in [2.24, 2.45) is 0 Å². The normalized spacial score (nSPS) is 45.4. The average molecular weight is 622 g/mol. The van der Waals surface area contributed by atoms with E-state index in [1.165, 1.54) is 0 Å². The second-order valence-electron chi connectivity index (χ2n) is 14.6. The highest BCUT2D eigenvalue weighted by Crippen LogP contribution is 2.49. The van der Waals surface area contributed by atoms with Crippen LogP contribution in [0.1, 0.15) is 113 Å². The Morgan fingerprint density at radius 3 is 2.08 bits per heavy atom. The van der Waals surface area contributed by atoms with E-state index in [0.29, 0.717) is 24.1 Å². The molecule has 9 heteroatoms. The van der Waals surface area contributed by atoms with Crippen molar-refractivity contribution in [1.29, 1.82) is 0 Å². The van der Waals surface area contributed by atoms with Gasteiger partial charge < -0.3 is 39.4 Å². The molecule has 4 heterocycles. The summed E-state index contributed by atoms with van der Waals surface area (Å²) in [7, 11) is 0. The molecule has 4 rings (SSSR count). The number of hydrogen-bond acceptors (Lipinski definition) is 8. The van der Waals surface area contributed by atoms with Crippen LogP contribution in [0.5, 0.6) is 0 Å². The van der Waals surface area contributed by atoms with Gasteiger partial charge in [0.15, 0.2) is 0 Å². The first-order valence-corrected chi connectivity index (χ1v) is 15.9. The topological polar surface area (TPSA) is 118 Å². The van der Waals surface area contributed by atoms with Gasteiger partial charge in [-0.15, -0.1) is 0 Å². The van der Waals surface area contributed by atoms with Gasteiger partial charge in [-0.25, -0.2) is 0 Å². The van der Waals surface area contributed by atoms with Crippen LogP contribution in [0.25, 0.3) is 0 Å². The van der Waals surface area contributed by atoms with Crippen LogP contribution in [0.15, 0.2) is 0 Å². The zero-order chi connectivity index (χ0) is 29.1. The molecule has 8 nitrogen and oxygen atoms in total. The number of rotatable bonds is 8. The SMILES string of the molecule is CC(C)(O)C1CCC(C)(C(O)CCC(O)(CO)C2CCC3OC(C4(C)CCC(Br)C(C)(C)O4)CCC3(C)O2)O1. The fourth-order valence-corrected chi connectivity index (χ4v) is 7.67. The van der Waals surface area contributed by atoms with Gasteiger partial charge in [0.25, 0.3) is 0 Å². The summed E-state index contributed by atoms with van der Waals surface area (Å²) in [6, 6.07) is 0. The summed E-state index contributed by atoms with van der Waals surface area (Å²) in [5, 5.41) is 43.2. The van der Waals surface area contributed by atoms with Gasteiger partial charge in [-0.3, -0.25) is 0 Å². The van der Waals surface area contributed by atoms with Crippen LogP contribution in [-0.2, 0) is 18.9 Å². The minimum absolute atomic E-state index is 0.0262. The van der Waals surface area contributed by atoms with E-state index in [2.05, 4.69) is 43.6 Å². The number of ether oxygens (including phenoxy) is 4. The van der Waals surface area contributed by atoms with Gasteiger partial charge in [0.2, 0.25) is 0 Å². The Morgan fingerprint density at radius 2 is 1.49 bits per heavy atom. The molecule has 0 amide bonds. The molecule has 39 heavy (non-hydrogen) atoms. The molecule has 0 aliphatic carbocycles. The van der Waals surface area contributed by atoms with Gasteiger partial charge in [-0.2, -0.15) is 0 Å². The Kier molecular flexibility index (Phi) is 9.06. The van der Waals surface area contributed by atoms with Crippen LogP contribution < -0.4 is 0 Å². The Bertz CT molecular complexity index is 864. The molecular weight excluding hydrogens is 568 g/mol. The lowest BCUT2D eigenvalue weighted by atomic mass is 9.75. The second-order valence-corrected chi connectivity index (χ2v) is 15.7. The highest BCUT2D eigenvalue weighted by Gasteiger charge is 2.56. The summed E-state index contributed by atoms with van der Waals surface area (Å²) < 4.78 is 26.0. The van der Waals surface area contributed by atoms with Crippen LogP contribution in [0, 0.1) is 0 Å². The van der Waals surface area contributed by atoms with Crippen LogP contribution in [-0.4, -0.2) is 96.0 Å². The minimum atomic E-state index is -1.48. The monoisotopic (exact) mass is 620 g/mol. The minimum Gasteiger partial charge on any atom is -0.393 e. The van der Waals surface area contributed by atoms with Gasteiger partial charge in [0.05, 0.1) is 65.1 Å². The van der Waals surface area contributed by atoms with Crippen molar-refractivity contribution in [2.75, 3.05) is 6.61 Å². The molecule has 0 radical (unpaired) electrons. The highest BCUT2D eigenvalue weighted by molar-refractivity contribution is 9.09. The van der Waals surface area contributed by atoms with E-state index in [1.807, 2.05) is 6.92 Å². The molecule has 4 aliphatic heterocycles. The fourth-order valence-electron chi connectivity index (χ4n) is 7.35. The van der Waals surface area contributed by atoms with E-state index in [0.717, 1.165) is 32.1 Å². The maximum atomic E-state index is 11.6. The van der Waals surface area contributed by atoms with Crippen LogP contribution in [0.2, 0.25) is 0 Å². The van der Waals surface area contributed by atoms with E-state index >= 15 is 0 Å². The maximum Gasteiger partial charge on any atom is 0.114 e. The fraction of sp³-hybridized carbons (Fsp3) is 1.00. The van der Waals surface area contributed by atoms with E-state index in [4.69, 9.17) is 18.9 Å². The summed E-state index contributed by atoms with van der Waals surface area (Å²) in [6.45, 7) is 13.3. The summed E-state index contributed by atoms with van der Waals surface area (Å²) in [5.41, 5.74) is -4.48. The van der Waals surface area contributed by atoms with E-state index in [9.17, 15) is 20.4 Å². The summed E-state index contributed by atoms with van der Waals surface area (Å²) in [4.78, 5) is 0.311. The average Bonchev–Trinajstić information content (AvgIpc) is 3.27. The molecule has 0 aromatic heterocycles. The summed E-state index contributed by atoms with van der Waals surface area (Å²) in [6.07, 6.45) is 4.63. The van der Waals surface area contributed by atoms with Crippen molar-refractivity contribution in [1.82, 2.24) is 0 Å². The zero-order valence-electron chi connectivity index (χ0n) is 25.0. The Balaban J connectivity index is 1.36. The Hall–Kier alpha value is 0.160. The number of aliphatic hydroxyl groups excluding tert-OH is 2. The standard InChI is InChI=1S/C30H53BrO8/c1-25(2,34)21-12-15-27(5,37-21)20(33)11-17-30(35,18-32)24-9-8-22-28(6,38-24)16-13-23(36-22)29(7)14-10-19(31)26(3,4)39-29/h19-24,32-35H,8-18H2,1-7H3. The third kappa shape index (κ3) is 6.42. The molecule has 0 bridgehead atoms. The lowest BCUT2D eigenvalue weighted by molar-refractivity contribution is -0.305. The molecule has 0 spiro atoms. The second kappa shape index (κ2) is 11.0. The molecule has 0 aromatic carbocycles. The van der Waals surface area contributed by atoms with E-state index < -0.39 is 41.2 Å². The molecule has 0 saturated carbocycles. The van der Waals surface area contributed by atoms with Crippen LogP contribution >= 0.6 is 15.9 Å². The van der Waals surface area contributed by atoms with Crippen LogP contribution in [0.4, 0.5) is 0 Å². The predicted molar refractivity (Wildman–Crippen MR) is 152 cm³/mol. The van der Waals surface area contributed by atoms with E-state index in [-0.39, 0.29) is 42.4 Å². The number of fused-ring (bicyclic) bond motifs is 1. The van der Waals surface area contributed by atoms with Crippen molar-refractivity contribution in [3.63, 3.8) is 0 Å². The van der Waals surface area contributed by atoms with Crippen molar-refractivity contribution >= 4 is 15.9 Å². The predicted octanol–water partition coefficient (Wildman–Crippen LogP) is 4.16. The zero-order valence-corrected chi connectivity index (χ0v) is 26.6. The van der Waals surface area contributed by atoms with Gasteiger partial charge in [0.1, 0.15) is 5.60 Å². The molecule has 228 valence electrons. The first-order chi connectivity index (χ1) is 17.9. The third-order valence-electron chi connectivity index (χ3n) is 10.4. The molecule has 4 aliphatic rings. The highest BCUT2D eigenvalue weighted by atomic mass is 79.9.